The van der Waals surface area contributed by atoms with Gasteiger partial charge in [-0.1, -0.05) is 17.7 Å². The highest BCUT2D eigenvalue weighted by Gasteiger charge is 2.10. The van der Waals surface area contributed by atoms with E-state index < -0.39 is 6.10 Å². The molecular weight excluding hydrogens is 240 g/mol. The number of hydrogen-bond donors (Lipinski definition) is 2. The number of aryl methyl sites for hydroxylation is 1. The van der Waals surface area contributed by atoms with Gasteiger partial charge in [-0.05, 0) is 38.1 Å². The Kier molecular flexibility index (Phi) is 4.02. The first-order valence-corrected chi connectivity index (χ1v) is 6.26. The van der Waals surface area contributed by atoms with Crippen molar-refractivity contribution in [1.82, 2.24) is 4.57 Å². The van der Waals surface area contributed by atoms with Gasteiger partial charge in [0.05, 0.1) is 6.10 Å². The number of anilines is 1. The summed E-state index contributed by atoms with van der Waals surface area (Å²) in [5, 5.41) is 12.4. The molecule has 0 aliphatic heterocycles. The number of aliphatic hydroxyl groups is 1. The van der Waals surface area contributed by atoms with Crippen LogP contribution in [0.1, 0.15) is 24.3 Å². The lowest BCUT2D eigenvalue weighted by Crippen LogP contribution is -2.20. The third-order valence-corrected chi connectivity index (χ3v) is 2.94. The summed E-state index contributed by atoms with van der Waals surface area (Å²) in [6, 6.07) is 11.3. The number of aromatic nitrogens is 1. The summed E-state index contributed by atoms with van der Waals surface area (Å²) < 4.78 is 1.74. The topological polar surface area (TPSA) is 54.3 Å². The molecule has 1 atom stereocenters. The molecule has 2 N–H and O–H groups in total. The van der Waals surface area contributed by atoms with E-state index in [1.807, 2.05) is 43.3 Å². The highest BCUT2D eigenvalue weighted by molar-refractivity contribution is 5.90. The molecule has 0 aliphatic rings. The van der Waals surface area contributed by atoms with E-state index in [0.717, 1.165) is 16.9 Å². The zero-order chi connectivity index (χ0) is 13.8. The fraction of sp³-hybridized carbons (Fsp3) is 0.267. The molecule has 1 heterocycles. The van der Waals surface area contributed by atoms with E-state index in [-0.39, 0.29) is 12.5 Å². The second kappa shape index (κ2) is 5.71. The average Bonchev–Trinajstić information content (AvgIpc) is 2.80. The normalized spacial score (nSPS) is 12.2. The van der Waals surface area contributed by atoms with Gasteiger partial charge in [0.25, 0.3) is 0 Å². The van der Waals surface area contributed by atoms with Crippen molar-refractivity contribution < 1.29 is 9.90 Å². The quantitative estimate of drug-likeness (QED) is 0.885. The summed E-state index contributed by atoms with van der Waals surface area (Å²) in [6.45, 7) is 3.88. The van der Waals surface area contributed by atoms with Gasteiger partial charge in [-0.3, -0.25) is 4.79 Å². The molecule has 1 aromatic carbocycles. The van der Waals surface area contributed by atoms with Crippen LogP contribution in [-0.4, -0.2) is 15.6 Å². The summed E-state index contributed by atoms with van der Waals surface area (Å²) in [6.07, 6.45) is 1.21. The predicted octanol–water partition coefficient (Wildman–Crippen LogP) is 2.49. The van der Waals surface area contributed by atoms with Crippen LogP contribution in [-0.2, 0) is 11.3 Å². The van der Waals surface area contributed by atoms with Gasteiger partial charge in [0.1, 0.15) is 6.54 Å². The third-order valence-electron chi connectivity index (χ3n) is 2.94. The smallest absolute Gasteiger partial charge is 0.244 e. The van der Waals surface area contributed by atoms with Gasteiger partial charge >= 0.3 is 0 Å². The fourth-order valence-electron chi connectivity index (χ4n) is 1.94. The van der Waals surface area contributed by atoms with Crippen LogP contribution in [0.3, 0.4) is 0 Å². The van der Waals surface area contributed by atoms with Crippen molar-refractivity contribution in [2.45, 2.75) is 26.5 Å². The number of nitrogens with one attached hydrogen (secondary N) is 1. The van der Waals surface area contributed by atoms with Crippen LogP contribution >= 0.6 is 0 Å². The van der Waals surface area contributed by atoms with Crippen molar-refractivity contribution >= 4 is 11.6 Å². The summed E-state index contributed by atoms with van der Waals surface area (Å²) in [5.41, 5.74) is 2.67. The van der Waals surface area contributed by atoms with Crippen LogP contribution in [0.25, 0.3) is 0 Å². The second-order valence-electron chi connectivity index (χ2n) is 4.65. The predicted molar refractivity (Wildman–Crippen MR) is 74.9 cm³/mol. The van der Waals surface area contributed by atoms with E-state index in [1.165, 1.54) is 0 Å². The summed E-state index contributed by atoms with van der Waals surface area (Å²) in [7, 11) is 0. The second-order valence-corrected chi connectivity index (χ2v) is 4.65. The first kappa shape index (κ1) is 13.4. The maximum Gasteiger partial charge on any atom is 0.244 e. The zero-order valence-corrected chi connectivity index (χ0v) is 11.1. The molecule has 0 fully saturated rings. The number of carbonyl (C=O) groups is 1. The van der Waals surface area contributed by atoms with E-state index in [4.69, 9.17) is 0 Å². The molecule has 0 radical (unpaired) electrons. The number of benzene rings is 1. The number of hydrogen-bond acceptors (Lipinski definition) is 2. The SMILES string of the molecule is Cc1ccc(NC(=O)Cn2cccc2C(C)O)cc1. The standard InChI is InChI=1S/C15H18N2O2/c1-11-5-7-13(8-6-11)16-15(19)10-17-9-3-4-14(17)12(2)18/h3-9,12,18H,10H2,1-2H3,(H,16,19). The first-order valence-electron chi connectivity index (χ1n) is 6.26. The molecule has 19 heavy (non-hydrogen) atoms. The Morgan fingerprint density at radius 3 is 2.63 bits per heavy atom. The third kappa shape index (κ3) is 3.45. The largest absolute Gasteiger partial charge is 0.387 e. The monoisotopic (exact) mass is 258 g/mol. The molecule has 0 saturated carbocycles. The molecule has 100 valence electrons. The molecule has 0 spiro atoms. The number of aliphatic hydroxyl groups excluding tert-OH is 1. The summed E-state index contributed by atoms with van der Waals surface area (Å²) >= 11 is 0. The van der Waals surface area contributed by atoms with Crippen LogP contribution in [0.2, 0.25) is 0 Å². The van der Waals surface area contributed by atoms with E-state index >= 15 is 0 Å². The molecule has 0 bridgehead atoms. The highest BCUT2D eigenvalue weighted by atomic mass is 16.3. The average molecular weight is 258 g/mol. The maximum absolute atomic E-state index is 11.9. The maximum atomic E-state index is 11.9. The van der Waals surface area contributed by atoms with Crippen LogP contribution in [0.15, 0.2) is 42.6 Å². The van der Waals surface area contributed by atoms with E-state index in [0.29, 0.717) is 0 Å². The van der Waals surface area contributed by atoms with Crippen molar-refractivity contribution in [2.24, 2.45) is 0 Å². The van der Waals surface area contributed by atoms with Crippen LogP contribution in [0, 0.1) is 6.92 Å². The van der Waals surface area contributed by atoms with Gasteiger partial charge in [0.15, 0.2) is 0 Å². The molecule has 1 amide bonds. The highest BCUT2D eigenvalue weighted by Crippen LogP contribution is 2.13. The Labute approximate surface area is 112 Å². The van der Waals surface area contributed by atoms with Crippen molar-refractivity contribution in [3.63, 3.8) is 0 Å². The number of carbonyl (C=O) groups excluding carboxylic acids is 1. The number of nitrogens with zero attached hydrogens (tertiary/aromatic N) is 1. The lowest BCUT2D eigenvalue weighted by molar-refractivity contribution is -0.116. The molecule has 2 rings (SSSR count). The zero-order valence-electron chi connectivity index (χ0n) is 11.1. The minimum absolute atomic E-state index is 0.109. The summed E-state index contributed by atoms with van der Waals surface area (Å²) in [5.74, 6) is -0.109. The van der Waals surface area contributed by atoms with Gasteiger partial charge < -0.3 is 15.0 Å². The fourth-order valence-corrected chi connectivity index (χ4v) is 1.94. The first-order chi connectivity index (χ1) is 9.06. The molecule has 2 aromatic rings. The van der Waals surface area contributed by atoms with Gasteiger partial charge in [0.2, 0.25) is 5.91 Å². The minimum atomic E-state index is -0.581. The lowest BCUT2D eigenvalue weighted by atomic mass is 10.2. The molecule has 0 saturated heterocycles. The van der Waals surface area contributed by atoms with Gasteiger partial charge in [-0.25, -0.2) is 0 Å². The number of rotatable bonds is 4. The molecule has 1 unspecified atom stereocenters. The van der Waals surface area contributed by atoms with E-state index in [2.05, 4.69) is 5.32 Å². The Morgan fingerprint density at radius 2 is 2.00 bits per heavy atom. The van der Waals surface area contributed by atoms with Crippen LogP contribution in [0.5, 0.6) is 0 Å². The Morgan fingerprint density at radius 1 is 1.32 bits per heavy atom. The summed E-state index contributed by atoms with van der Waals surface area (Å²) in [4.78, 5) is 11.9. The van der Waals surface area contributed by atoms with Crippen molar-refractivity contribution in [3.8, 4) is 0 Å². The Hall–Kier alpha value is -2.07. The lowest BCUT2D eigenvalue weighted by Gasteiger charge is -2.11. The van der Waals surface area contributed by atoms with Gasteiger partial charge in [0, 0.05) is 17.6 Å². The van der Waals surface area contributed by atoms with Crippen molar-refractivity contribution in [3.05, 3.63) is 53.9 Å². The van der Waals surface area contributed by atoms with Crippen LogP contribution in [0.4, 0.5) is 5.69 Å². The molecule has 4 nitrogen and oxygen atoms in total. The van der Waals surface area contributed by atoms with Crippen LogP contribution < -0.4 is 5.32 Å². The van der Waals surface area contributed by atoms with E-state index in [1.54, 1.807) is 17.7 Å². The Balaban J connectivity index is 2.01. The van der Waals surface area contributed by atoms with Gasteiger partial charge in [-0.2, -0.15) is 0 Å². The molecular formula is C15H18N2O2. The van der Waals surface area contributed by atoms with Crippen molar-refractivity contribution in [1.29, 1.82) is 0 Å². The number of amides is 1. The van der Waals surface area contributed by atoms with E-state index in [9.17, 15) is 9.90 Å². The van der Waals surface area contributed by atoms with Crippen molar-refractivity contribution in [2.75, 3.05) is 5.32 Å². The molecule has 1 aromatic heterocycles. The molecule has 0 aliphatic carbocycles. The molecule has 4 heteroatoms. The Bertz CT molecular complexity index is 556. The van der Waals surface area contributed by atoms with Gasteiger partial charge in [-0.15, -0.1) is 0 Å². The minimum Gasteiger partial charge on any atom is -0.387 e.